The number of hydrogen-bond acceptors (Lipinski definition) is 3. The minimum absolute atomic E-state index is 0.0543. The van der Waals surface area contributed by atoms with E-state index in [-0.39, 0.29) is 19.1 Å². The van der Waals surface area contributed by atoms with E-state index in [2.05, 4.69) is 11.8 Å². The molecule has 0 aliphatic rings. The van der Waals surface area contributed by atoms with Crippen LogP contribution in [0.5, 0.6) is 0 Å². The summed E-state index contributed by atoms with van der Waals surface area (Å²) in [6, 6.07) is 5.22. The van der Waals surface area contributed by atoms with Crippen LogP contribution in [0.25, 0.3) is 0 Å². The Bertz CT molecular complexity index is 486. The number of hydrogen-bond donors (Lipinski definition) is 2. The van der Waals surface area contributed by atoms with Crippen molar-refractivity contribution in [1.29, 1.82) is 0 Å². The van der Waals surface area contributed by atoms with Crippen LogP contribution >= 0.6 is 0 Å². The Labute approximate surface area is 107 Å². The number of aliphatic hydroxyl groups excluding tert-OH is 2. The molecule has 1 aromatic rings. The van der Waals surface area contributed by atoms with Gasteiger partial charge in [-0.05, 0) is 30.7 Å². The summed E-state index contributed by atoms with van der Waals surface area (Å²) in [6.45, 7) is 1.94. The summed E-state index contributed by atoms with van der Waals surface area (Å²) in [4.78, 5) is 13.4. The second-order valence-corrected chi connectivity index (χ2v) is 3.94. The monoisotopic (exact) mass is 247 g/mol. The Kier molecular flexibility index (Phi) is 5.37. The zero-order valence-corrected chi connectivity index (χ0v) is 10.6. The Morgan fingerprint density at radius 2 is 2.11 bits per heavy atom. The molecular formula is C14H17NO3. The molecule has 0 aromatic heterocycles. The van der Waals surface area contributed by atoms with Gasteiger partial charge in [0.25, 0.3) is 5.91 Å². The first kappa shape index (κ1) is 14.2. The molecule has 0 heterocycles. The molecule has 2 N–H and O–H groups in total. The third-order valence-corrected chi connectivity index (χ3v) is 2.56. The molecule has 1 aromatic carbocycles. The fraction of sp³-hybridized carbons (Fsp3) is 0.357. The zero-order chi connectivity index (χ0) is 13.5. The molecule has 0 saturated heterocycles. The van der Waals surface area contributed by atoms with Gasteiger partial charge in [-0.3, -0.25) is 4.79 Å². The van der Waals surface area contributed by atoms with E-state index in [9.17, 15) is 4.79 Å². The van der Waals surface area contributed by atoms with Gasteiger partial charge in [0.2, 0.25) is 0 Å². The maximum absolute atomic E-state index is 12.0. The van der Waals surface area contributed by atoms with E-state index >= 15 is 0 Å². The molecule has 0 unspecified atom stereocenters. The van der Waals surface area contributed by atoms with Gasteiger partial charge in [-0.2, -0.15) is 0 Å². The van der Waals surface area contributed by atoms with Gasteiger partial charge >= 0.3 is 0 Å². The summed E-state index contributed by atoms with van der Waals surface area (Å²) < 4.78 is 0. The van der Waals surface area contributed by atoms with Crippen LogP contribution in [0.1, 0.15) is 21.5 Å². The van der Waals surface area contributed by atoms with Crippen molar-refractivity contribution >= 4 is 5.91 Å². The molecule has 0 saturated carbocycles. The van der Waals surface area contributed by atoms with E-state index in [1.165, 1.54) is 4.90 Å². The van der Waals surface area contributed by atoms with E-state index in [1.807, 2.05) is 6.92 Å². The number of rotatable bonds is 3. The molecule has 0 aliphatic carbocycles. The first-order valence-electron chi connectivity index (χ1n) is 5.67. The van der Waals surface area contributed by atoms with Crippen molar-refractivity contribution < 1.29 is 15.0 Å². The van der Waals surface area contributed by atoms with Gasteiger partial charge < -0.3 is 15.1 Å². The highest BCUT2D eigenvalue weighted by atomic mass is 16.3. The highest BCUT2D eigenvalue weighted by Crippen LogP contribution is 2.11. The van der Waals surface area contributed by atoms with Gasteiger partial charge in [-0.15, -0.1) is 0 Å². The smallest absolute Gasteiger partial charge is 0.253 e. The lowest BCUT2D eigenvalue weighted by Crippen LogP contribution is -2.29. The fourth-order valence-electron chi connectivity index (χ4n) is 1.54. The molecule has 0 bridgehead atoms. The number of amides is 1. The molecule has 0 spiro atoms. The van der Waals surface area contributed by atoms with Crippen molar-refractivity contribution in [2.45, 2.75) is 6.92 Å². The zero-order valence-electron chi connectivity index (χ0n) is 10.6. The van der Waals surface area contributed by atoms with E-state index in [0.717, 1.165) is 11.1 Å². The van der Waals surface area contributed by atoms with E-state index in [0.29, 0.717) is 12.1 Å². The molecule has 4 heteroatoms. The summed E-state index contributed by atoms with van der Waals surface area (Å²) in [5.74, 6) is 5.26. The van der Waals surface area contributed by atoms with Crippen LogP contribution in [0.15, 0.2) is 18.2 Å². The Hall–Kier alpha value is -1.83. The number of aryl methyl sites for hydroxylation is 1. The predicted molar refractivity (Wildman–Crippen MR) is 69.2 cm³/mol. The first-order valence-corrected chi connectivity index (χ1v) is 5.67. The largest absolute Gasteiger partial charge is 0.395 e. The first-order chi connectivity index (χ1) is 8.60. The van der Waals surface area contributed by atoms with Crippen molar-refractivity contribution in [3.05, 3.63) is 34.9 Å². The second kappa shape index (κ2) is 6.80. The van der Waals surface area contributed by atoms with E-state index < -0.39 is 0 Å². The third kappa shape index (κ3) is 3.59. The minimum Gasteiger partial charge on any atom is -0.395 e. The van der Waals surface area contributed by atoms with Gasteiger partial charge in [0.05, 0.1) is 6.61 Å². The van der Waals surface area contributed by atoms with E-state index in [1.54, 1.807) is 25.2 Å². The average molecular weight is 247 g/mol. The lowest BCUT2D eigenvalue weighted by molar-refractivity contribution is 0.0767. The second-order valence-electron chi connectivity index (χ2n) is 3.94. The summed E-state index contributed by atoms with van der Waals surface area (Å²) in [6.07, 6.45) is 0. The van der Waals surface area contributed by atoms with Gasteiger partial charge in [0.1, 0.15) is 6.61 Å². The predicted octanol–water partition coefficient (Wildman–Crippen LogP) is 0.403. The number of benzene rings is 1. The van der Waals surface area contributed by atoms with Crippen LogP contribution in [0.4, 0.5) is 0 Å². The Balaban J connectivity index is 2.93. The third-order valence-electron chi connectivity index (χ3n) is 2.56. The quantitative estimate of drug-likeness (QED) is 0.760. The number of likely N-dealkylation sites (N-methyl/N-ethyl adjacent to an activating group) is 1. The van der Waals surface area contributed by atoms with Crippen LogP contribution in [0.2, 0.25) is 0 Å². The van der Waals surface area contributed by atoms with Crippen LogP contribution in [0.3, 0.4) is 0 Å². The van der Waals surface area contributed by atoms with Gasteiger partial charge in [-0.25, -0.2) is 0 Å². The lowest BCUT2D eigenvalue weighted by Gasteiger charge is -2.16. The van der Waals surface area contributed by atoms with Crippen molar-refractivity contribution in [2.75, 3.05) is 26.8 Å². The van der Waals surface area contributed by atoms with Gasteiger partial charge in [-0.1, -0.05) is 11.8 Å². The van der Waals surface area contributed by atoms with Gasteiger partial charge in [0, 0.05) is 24.7 Å². The van der Waals surface area contributed by atoms with Crippen LogP contribution in [-0.4, -0.2) is 47.8 Å². The molecule has 1 rings (SSSR count). The SMILES string of the molecule is Cc1cc(C(=O)N(C)CCO)ccc1C#CCO. The summed E-state index contributed by atoms with van der Waals surface area (Å²) in [5, 5.41) is 17.4. The van der Waals surface area contributed by atoms with Crippen molar-refractivity contribution in [3.63, 3.8) is 0 Å². The summed E-state index contributed by atoms with van der Waals surface area (Å²) >= 11 is 0. The molecule has 96 valence electrons. The van der Waals surface area contributed by atoms with Crippen LogP contribution in [-0.2, 0) is 0 Å². The Morgan fingerprint density at radius 1 is 1.39 bits per heavy atom. The highest BCUT2D eigenvalue weighted by molar-refractivity contribution is 5.94. The Morgan fingerprint density at radius 3 is 2.67 bits per heavy atom. The normalized spacial score (nSPS) is 9.56. The highest BCUT2D eigenvalue weighted by Gasteiger charge is 2.11. The molecule has 0 aliphatic heterocycles. The standard InChI is InChI=1S/C14H17NO3/c1-11-10-13(14(18)15(2)7-9-17)6-5-12(11)4-3-8-16/h5-6,10,16-17H,7-9H2,1-2H3. The fourth-order valence-corrected chi connectivity index (χ4v) is 1.54. The number of aliphatic hydroxyl groups is 2. The number of carbonyl (C=O) groups is 1. The van der Waals surface area contributed by atoms with Gasteiger partial charge in [0.15, 0.2) is 0 Å². The lowest BCUT2D eigenvalue weighted by atomic mass is 10.0. The molecule has 0 atom stereocenters. The maximum atomic E-state index is 12.0. The topological polar surface area (TPSA) is 60.8 Å². The average Bonchev–Trinajstić information content (AvgIpc) is 2.36. The van der Waals surface area contributed by atoms with E-state index in [4.69, 9.17) is 10.2 Å². The van der Waals surface area contributed by atoms with Crippen molar-refractivity contribution in [3.8, 4) is 11.8 Å². The van der Waals surface area contributed by atoms with Crippen molar-refractivity contribution in [2.24, 2.45) is 0 Å². The summed E-state index contributed by atoms with van der Waals surface area (Å²) in [5.41, 5.74) is 2.25. The molecule has 4 nitrogen and oxygen atoms in total. The number of carbonyl (C=O) groups excluding carboxylic acids is 1. The van der Waals surface area contributed by atoms with Crippen LogP contribution < -0.4 is 0 Å². The molecular weight excluding hydrogens is 230 g/mol. The number of nitrogens with zero attached hydrogens (tertiary/aromatic N) is 1. The van der Waals surface area contributed by atoms with Crippen LogP contribution in [0, 0.1) is 18.8 Å². The summed E-state index contributed by atoms with van der Waals surface area (Å²) in [7, 11) is 1.65. The molecule has 1 amide bonds. The van der Waals surface area contributed by atoms with Crippen molar-refractivity contribution in [1.82, 2.24) is 4.90 Å². The maximum Gasteiger partial charge on any atom is 0.253 e. The molecule has 18 heavy (non-hydrogen) atoms. The molecule has 0 radical (unpaired) electrons. The molecule has 0 fully saturated rings. The minimum atomic E-state index is -0.181.